The average molecular weight is 443 g/mol. The van der Waals surface area contributed by atoms with Crippen molar-refractivity contribution in [3.05, 3.63) is 72.1 Å². The van der Waals surface area contributed by atoms with E-state index in [2.05, 4.69) is 15.0 Å². The molecule has 1 aliphatic rings. The minimum atomic E-state index is -0.0417. The van der Waals surface area contributed by atoms with Crippen molar-refractivity contribution in [3.8, 4) is 11.6 Å². The smallest absolute Gasteiger partial charge is 0.260 e. The van der Waals surface area contributed by atoms with E-state index in [0.717, 1.165) is 46.9 Å². The molecule has 4 heterocycles. The fourth-order valence-corrected chi connectivity index (χ4v) is 4.25. The van der Waals surface area contributed by atoms with Gasteiger partial charge in [0, 0.05) is 43.8 Å². The molecule has 4 aromatic rings. The maximum absolute atomic E-state index is 12.8. The zero-order chi connectivity index (χ0) is 22.8. The first-order valence-corrected chi connectivity index (χ1v) is 11.1. The molecule has 8 nitrogen and oxygen atoms in total. The van der Waals surface area contributed by atoms with Crippen molar-refractivity contribution >= 4 is 22.8 Å². The lowest BCUT2D eigenvalue weighted by molar-refractivity contribution is -0.133. The number of nitrogens with zero attached hydrogens (tertiary/aromatic N) is 6. The molecule has 0 N–H and O–H groups in total. The highest BCUT2D eigenvalue weighted by atomic mass is 16.5. The number of rotatable bonds is 5. The quantitative estimate of drug-likeness (QED) is 0.473. The lowest BCUT2D eigenvalue weighted by Gasteiger charge is -2.35. The second kappa shape index (κ2) is 8.90. The highest BCUT2D eigenvalue weighted by Gasteiger charge is 2.22. The zero-order valence-electron chi connectivity index (χ0n) is 18.8. The molecule has 1 aromatic carbocycles. The fourth-order valence-electron chi connectivity index (χ4n) is 4.25. The Labute approximate surface area is 192 Å². The molecule has 0 saturated carbocycles. The van der Waals surface area contributed by atoms with Crippen LogP contribution in [-0.2, 0) is 4.79 Å². The number of carbonyl (C=O) groups is 1. The van der Waals surface area contributed by atoms with E-state index in [1.54, 1.807) is 6.20 Å². The lowest BCUT2D eigenvalue weighted by atomic mass is 10.2. The number of fused-ring (bicyclic) bond motifs is 1. The van der Waals surface area contributed by atoms with Gasteiger partial charge < -0.3 is 14.5 Å². The van der Waals surface area contributed by atoms with Gasteiger partial charge in [0.05, 0.1) is 11.4 Å². The summed E-state index contributed by atoms with van der Waals surface area (Å²) in [5.74, 6) is 1.33. The number of para-hydroxylation sites is 1. The first-order valence-electron chi connectivity index (χ1n) is 11.1. The Balaban J connectivity index is 1.27. The normalized spacial score (nSPS) is 14.0. The van der Waals surface area contributed by atoms with Crippen LogP contribution in [0.1, 0.15) is 11.3 Å². The Kier molecular flexibility index (Phi) is 5.64. The van der Waals surface area contributed by atoms with Crippen LogP contribution in [0.5, 0.6) is 5.88 Å². The monoisotopic (exact) mass is 442 g/mol. The Morgan fingerprint density at radius 1 is 1.00 bits per heavy atom. The van der Waals surface area contributed by atoms with Gasteiger partial charge in [-0.1, -0.05) is 24.3 Å². The molecule has 0 bridgehead atoms. The van der Waals surface area contributed by atoms with Crippen molar-refractivity contribution in [3.63, 3.8) is 0 Å². The van der Waals surface area contributed by atoms with Crippen LogP contribution >= 0.6 is 0 Å². The van der Waals surface area contributed by atoms with E-state index in [1.807, 2.05) is 78.0 Å². The van der Waals surface area contributed by atoms with Crippen molar-refractivity contribution in [2.24, 2.45) is 0 Å². The molecular weight excluding hydrogens is 416 g/mol. The summed E-state index contributed by atoms with van der Waals surface area (Å²) in [4.78, 5) is 25.9. The Morgan fingerprint density at radius 2 is 1.76 bits per heavy atom. The van der Waals surface area contributed by atoms with Crippen LogP contribution in [0, 0.1) is 13.8 Å². The number of aryl methyl sites for hydroxylation is 2. The van der Waals surface area contributed by atoms with E-state index in [9.17, 15) is 4.79 Å². The second-order valence-electron chi connectivity index (χ2n) is 8.15. The molecule has 33 heavy (non-hydrogen) atoms. The number of ether oxygens (including phenoxy) is 1. The van der Waals surface area contributed by atoms with E-state index < -0.39 is 0 Å². The van der Waals surface area contributed by atoms with Gasteiger partial charge in [0.15, 0.2) is 12.3 Å². The minimum Gasteiger partial charge on any atom is -0.467 e. The first-order chi connectivity index (χ1) is 16.1. The predicted molar refractivity (Wildman–Crippen MR) is 127 cm³/mol. The molecule has 0 aliphatic carbocycles. The summed E-state index contributed by atoms with van der Waals surface area (Å²) in [5, 5.41) is 5.68. The van der Waals surface area contributed by atoms with Crippen molar-refractivity contribution in [2.45, 2.75) is 13.8 Å². The van der Waals surface area contributed by atoms with Gasteiger partial charge in [-0.25, -0.2) is 9.67 Å². The number of amides is 1. The number of pyridine rings is 2. The predicted octanol–water partition coefficient (Wildman–Crippen LogP) is 3.16. The van der Waals surface area contributed by atoms with Crippen LogP contribution in [0.4, 0.5) is 5.82 Å². The number of aromatic nitrogens is 4. The molecule has 1 aliphatic heterocycles. The summed E-state index contributed by atoms with van der Waals surface area (Å²) in [7, 11) is 0. The van der Waals surface area contributed by atoms with Crippen LogP contribution in [0.15, 0.2) is 60.8 Å². The zero-order valence-corrected chi connectivity index (χ0v) is 18.8. The number of anilines is 1. The number of hydrogen-bond donors (Lipinski definition) is 0. The molecule has 3 aromatic heterocycles. The molecule has 0 spiro atoms. The fraction of sp³-hybridized carbons (Fsp3) is 0.280. The number of hydrogen-bond acceptors (Lipinski definition) is 6. The van der Waals surface area contributed by atoms with Crippen LogP contribution in [0.3, 0.4) is 0 Å². The van der Waals surface area contributed by atoms with Crippen molar-refractivity contribution < 1.29 is 9.53 Å². The molecule has 1 saturated heterocycles. The Hall–Kier alpha value is -3.94. The third kappa shape index (κ3) is 4.24. The van der Waals surface area contributed by atoms with E-state index in [4.69, 9.17) is 9.72 Å². The van der Waals surface area contributed by atoms with E-state index in [-0.39, 0.29) is 12.5 Å². The number of piperazine rings is 1. The third-order valence-corrected chi connectivity index (χ3v) is 5.94. The van der Waals surface area contributed by atoms with Gasteiger partial charge in [-0.2, -0.15) is 10.1 Å². The largest absolute Gasteiger partial charge is 0.467 e. The molecule has 0 radical (unpaired) electrons. The van der Waals surface area contributed by atoms with Crippen molar-refractivity contribution in [1.29, 1.82) is 0 Å². The Bertz CT molecular complexity index is 1260. The van der Waals surface area contributed by atoms with Crippen LogP contribution in [0.2, 0.25) is 0 Å². The van der Waals surface area contributed by atoms with Gasteiger partial charge in [-0.15, -0.1) is 0 Å². The van der Waals surface area contributed by atoms with Gasteiger partial charge in [0.1, 0.15) is 5.82 Å². The van der Waals surface area contributed by atoms with Crippen LogP contribution < -0.4 is 9.64 Å². The first kappa shape index (κ1) is 20.9. The summed E-state index contributed by atoms with van der Waals surface area (Å²) in [6, 6.07) is 17.6. The highest BCUT2D eigenvalue weighted by molar-refractivity contribution is 5.84. The molecule has 5 rings (SSSR count). The van der Waals surface area contributed by atoms with E-state index >= 15 is 0 Å². The van der Waals surface area contributed by atoms with Gasteiger partial charge in [-0.05, 0) is 43.7 Å². The summed E-state index contributed by atoms with van der Waals surface area (Å²) in [5.41, 5.74) is 3.59. The van der Waals surface area contributed by atoms with Crippen molar-refractivity contribution in [1.82, 2.24) is 24.6 Å². The van der Waals surface area contributed by atoms with Gasteiger partial charge in [-0.3, -0.25) is 4.79 Å². The maximum Gasteiger partial charge on any atom is 0.260 e. The molecule has 0 unspecified atom stereocenters. The summed E-state index contributed by atoms with van der Waals surface area (Å²) in [6.07, 6.45) is 1.79. The van der Waals surface area contributed by atoms with E-state index in [1.165, 1.54) is 0 Å². The van der Waals surface area contributed by atoms with Gasteiger partial charge in [0.25, 0.3) is 5.91 Å². The molecule has 1 amide bonds. The molecular formula is C25H26N6O2. The lowest BCUT2D eigenvalue weighted by Crippen LogP contribution is -2.50. The SMILES string of the molecule is Cc1cc(OCC(=O)N2CCN(c3ccccn3)CC2)nc2c1c(C)nn2-c1ccccc1. The van der Waals surface area contributed by atoms with E-state index in [0.29, 0.717) is 19.0 Å². The van der Waals surface area contributed by atoms with Crippen LogP contribution in [-0.4, -0.2) is 63.3 Å². The molecule has 8 heteroatoms. The average Bonchev–Trinajstić information content (AvgIpc) is 3.20. The third-order valence-electron chi connectivity index (χ3n) is 5.94. The molecule has 0 atom stereocenters. The highest BCUT2D eigenvalue weighted by Crippen LogP contribution is 2.26. The van der Waals surface area contributed by atoms with Crippen molar-refractivity contribution in [2.75, 3.05) is 37.7 Å². The number of carbonyl (C=O) groups excluding carboxylic acids is 1. The summed E-state index contributed by atoms with van der Waals surface area (Å²) in [6.45, 7) is 6.74. The maximum atomic E-state index is 12.8. The van der Waals surface area contributed by atoms with Crippen LogP contribution in [0.25, 0.3) is 16.7 Å². The second-order valence-corrected chi connectivity index (χ2v) is 8.15. The molecule has 1 fully saturated rings. The van der Waals surface area contributed by atoms with Gasteiger partial charge >= 0.3 is 0 Å². The van der Waals surface area contributed by atoms with Gasteiger partial charge in [0.2, 0.25) is 5.88 Å². The standard InChI is InChI=1S/C25H26N6O2/c1-18-16-22(27-25-24(18)19(2)28-31(25)20-8-4-3-5-9-20)33-17-23(32)30-14-12-29(13-15-30)21-10-6-7-11-26-21/h3-11,16H,12-15,17H2,1-2H3. The summed E-state index contributed by atoms with van der Waals surface area (Å²) < 4.78 is 7.67. The summed E-state index contributed by atoms with van der Waals surface area (Å²) >= 11 is 0. The number of benzene rings is 1. The Morgan fingerprint density at radius 3 is 2.48 bits per heavy atom. The topological polar surface area (TPSA) is 76.4 Å². The minimum absolute atomic E-state index is 0.0389. The molecule has 168 valence electrons.